The van der Waals surface area contributed by atoms with Gasteiger partial charge in [0.25, 0.3) is 5.91 Å². The van der Waals surface area contributed by atoms with Gasteiger partial charge in [-0.05, 0) is 86.0 Å². The van der Waals surface area contributed by atoms with Crippen LogP contribution in [0.4, 0.5) is 5.69 Å². The summed E-state index contributed by atoms with van der Waals surface area (Å²) in [5.41, 5.74) is 7.55. The van der Waals surface area contributed by atoms with Crippen LogP contribution in [0.5, 0.6) is 5.75 Å². The van der Waals surface area contributed by atoms with Crippen LogP contribution in [0.2, 0.25) is 10.0 Å². The summed E-state index contributed by atoms with van der Waals surface area (Å²) in [6, 6.07) is 27.0. The Labute approximate surface area is 232 Å². The van der Waals surface area contributed by atoms with Crippen LogP contribution in [-0.2, 0) is 6.61 Å². The normalized spacial score (nSPS) is 11.0. The van der Waals surface area contributed by atoms with Crippen LogP contribution < -0.4 is 10.1 Å². The first kappa shape index (κ1) is 25.8. The average Bonchev–Trinajstić information content (AvgIpc) is 2.90. The number of halogens is 2. The molecule has 0 spiro atoms. The molecule has 0 atom stereocenters. The molecule has 4 nitrogen and oxygen atoms in total. The number of hydrogen-bond donors (Lipinski definition) is 1. The summed E-state index contributed by atoms with van der Waals surface area (Å²) < 4.78 is 5.96. The van der Waals surface area contributed by atoms with Crippen molar-refractivity contribution in [3.8, 4) is 17.0 Å². The molecule has 1 heterocycles. The third-order valence-electron chi connectivity index (χ3n) is 6.45. The van der Waals surface area contributed by atoms with Gasteiger partial charge in [0.2, 0.25) is 0 Å². The van der Waals surface area contributed by atoms with Crippen molar-refractivity contribution in [3.05, 3.63) is 123 Å². The zero-order chi connectivity index (χ0) is 26.8. The number of anilines is 1. The van der Waals surface area contributed by atoms with Crippen LogP contribution in [0.3, 0.4) is 0 Å². The van der Waals surface area contributed by atoms with E-state index in [0.717, 1.165) is 50.2 Å². The number of hydrogen-bond acceptors (Lipinski definition) is 3. The molecule has 1 N–H and O–H groups in total. The van der Waals surface area contributed by atoms with E-state index in [1.807, 2.05) is 81.4 Å². The molecule has 6 heteroatoms. The first-order chi connectivity index (χ1) is 18.3. The van der Waals surface area contributed by atoms with E-state index in [9.17, 15) is 4.79 Å². The van der Waals surface area contributed by atoms with Crippen LogP contribution in [0.15, 0.2) is 84.9 Å². The average molecular weight is 541 g/mol. The van der Waals surface area contributed by atoms with E-state index >= 15 is 0 Å². The topological polar surface area (TPSA) is 51.2 Å². The fraction of sp³-hybridized carbons (Fsp3) is 0.125. The molecular formula is C32H26Cl2N2O2. The minimum Gasteiger partial charge on any atom is -0.489 e. The lowest BCUT2D eigenvalue weighted by atomic mass is 9.94. The second kappa shape index (κ2) is 10.9. The first-order valence-electron chi connectivity index (χ1n) is 12.3. The van der Waals surface area contributed by atoms with Crippen molar-refractivity contribution in [1.82, 2.24) is 4.98 Å². The Kier molecular flexibility index (Phi) is 7.37. The van der Waals surface area contributed by atoms with Gasteiger partial charge < -0.3 is 10.1 Å². The molecule has 190 valence electrons. The molecule has 0 saturated carbocycles. The Hall–Kier alpha value is -3.86. The largest absolute Gasteiger partial charge is 0.489 e. The Morgan fingerprint density at radius 1 is 0.868 bits per heavy atom. The van der Waals surface area contributed by atoms with Gasteiger partial charge in [0, 0.05) is 16.6 Å². The number of pyridine rings is 1. The fourth-order valence-corrected chi connectivity index (χ4v) is 4.90. The number of amides is 1. The van der Waals surface area contributed by atoms with Crippen molar-refractivity contribution in [2.45, 2.75) is 27.4 Å². The van der Waals surface area contributed by atoms with Crippen molar-refractivity contribution in [3.63, 3.8) is 0 Å². The quantitative estimate of drug-likeness (QED) is 0.233. The number of fused-ring (bicyclic) bond motifs is 1. The van der Waals surface area contributed by atoms with Crippen LogP contribution >= 0.6 is 23.2 Å². The summed E-state index contributed by atoms with van der Waals surface area (Å²) in [6.07, 6.45) is 0. The highest BCUT2D eigenvalue weighted by Crippen LogP contribution is 2.34. The first-order valence-corrected chi connectivity index (χ1v) is 13.0. The molecule has 0 saturated heterocycles. The molecule has 0 aliphatic heterocycles. The third-order valence-corrected chi connectivity index (χ3v) is 7.19. The number of ether oxygens (including phenoxy) is 1. The molecule has 4 aromatic carbocycles. The van der Waals surface area contributed by atoms with Crippen molar-refractivity contribution in [2.24, 2.45) is 0 Å². The Balaban J connectivity index is 1.53. The molecule has 1 amide bonds. The Morgan fingerprint density at radius 3 is 2.32 bits per heavy atom. The van der Waals surface area contributed by atoms with Gasteiger partial charge in [-0.15, -0.1) is 0 Å². The molecule has 38 heavy (non-hydrogen) atoms. The monoisotopic (exact) mass is 540 g/mol. The van der Waals surface area contributed by atoms with Crippen LogP contribution in [0.25, 0.3) is 22.2 Å². The SMILES string of the molecule is Cc1cc(C)c2nc(-c3ccc(OCc4ccccc4)cc3)c(C)c(C(=O)Nc3ccc(Cl)c(Cl)c3)c2c1. The second-order valence-corrected chi connectivity index (χ2v) is 10.1. The fourth-order valence-electron chi connectivity index (χ4n) is 4.61. The lowest BCUT2D eigenvalue weighted by Gasteiger charge is -2.17. The van der Waals surface area contributed by atoms with Gasteiger partial charge in [0.1, 0.15) is 12.4 Å². The van der Waals surface area contributed by atoms with Gasteiger partial charge in [-0.1, -0.05) is 65.2 Å². The van der Waals surface area contributed by atoms with Gasteiger partial charge in [-0.2, -0.15) is 0 Å². The van der Waals surface area contributed by atoms with Crippen LogP contribution in [-0.4, -0.2) is 10.9 Å². The van der Waals surface area contributed by atoms with Gasteiger partial charge in [0.05, 0.1) is 26.8 Å². The predicted octanol–water partition coefficient (Wildman–Crippen LogP) is 8.97. The van der Waals surface area contributed by atoms with E-state index in [-0.39, 0.29) is 5.91 Å². The second-order valence-electron chi connectivity index (χ2n) is 9.32. The summed E-state index contributed by atoms with van der Waals surface area (Å²) in [6.45, 7) is 6.46. The van der Waals surface area contributed by atoms with Gasteiger partial charge >= 0.3 is 0 Å². The maximum absolute atomic E-state index is 13.7. The maximum Gasteiger partial charge on any atom is 0.256 e. The van der Waals surface area contributed by atoms with Crippen LogP contribution in [0.1, 0.15) is 32.6 Å². The molecule has 0 aliphatic carbocycles. The minimum absolute atomic E-state index is 0.234. The summed E-state index contributed by atoms with van der Waals surface area (Å²) in [5.74, 6) is 0.530. The van der Waals surface area contributed by atoms with Crippen molar-refractivity contribution < 1.29 is 9.53 Å². The summed E-state index contributed by atoms with van der Waals surface area (Å²) in [4.78, 5) is 18.7. The van der Waals surface area contributed by atoms with Gasteiger partial charge in [-0.25, -0.2) is 4.98 Å². The zero-order valence-electron chi connectivity index (χ0n) is 21.3. The van der Waals surface area contributed by atoms with E-state index in [0.29, 0.717) is 27.9 Å². The highest BCUT2D eigenvalue weighted by molar-refractivity contribution is 6.42. The van der Waals surface area contributed by atoms with Gasteiger partial charge in [0.15, 0.2) is 0 Å². The van der Waals surface area contributed by atoms with E-state index in [2.05, 4.69) is 11.4 Å². The molecule has 1 aromatic heterocycles. The highest BCUT2D eigenvalue weighted by Gasteiger charge is 2.21. The molecule has 0 bridgehead atoms. The smallest absolute Gasteiger partial charge is 0.256 e. The minimum atomic E-state index is -0.234. The van der Waals surface area contributed by atoms with E-state index < -0.39 is 0 Å². The molecule has 0 unspecified atom stereocenters. The number of aromatic nitrogens is 1. The molecule has 0 radical (unpaired) electrons. The number of nitrogens with zero attached hydrogens (tertiary/aromatic N) is 1. The third kappa shape index (κ3) is 5.38. The van der Waals surface area contributed by atoms with Crippen molar-refractivity contribution in [1.29, 1.82) is 0 Å². The van der Waals surface area contributed by atoms with Crippen molar-refractivity contribution in [2.75, 3.05) is 5.32 Å². The Bertz CT molecular complexity index is 1650. The number of rotatable bonds is 6. The van der Waals surface area contributed by atoms with E-state index in [4.69, 9.17) is 32.9 Å². The summed E-state index contributed by atoms with van der Waals surface area (Å²) in [7, 11) is 0. The summed E-state index contributed by atoms with van der Waals surface area (Å²) in [5, 5.41) is 4.61. The zero-order valence-corrected chi connectivity index (χ0v) is 22.8. The lowest BCUT2D eigenvalue weighted by molar-refractivity contribution is 0.102. The number of benzene rings is 4. The highest BCUT2D eigenvalue weighted by atomic mass is 35.5. The summed E-state index contributed by atoms with van der Waals surface area (Å²) >= 11 is 12.2. The number of nitrogens with one attached hydrogen (secondary N) is 1. The predicted molar refractivity (Wildman–Crippen MR) is 157 cm³/mol. The maximum atomic E-state index is 13.7. The van der Waals surface area contributed by atoms with E-state index in [1.54, 1.807) is 18.2 Å². The molecule has 0 fully saturated rings. The van der Waals surface area contributed by atoms with E-state index in [1.165, 1.54) is 0 Å². The van der Waals surface area contributed by atoms with Crippen LogP contribution in [0, 0.1) is 20.8 Å². The van der Waals surface area contributed by atoms with Gasteiger partial charge in [-0.3, -0.25) is 4.79 Å². The number of carbonyl (C=O) groups is 1. The molecular weight excluding hydrogens is 515 g/mol. The number of aryl methyl sites for hydroxylation is 2. The molecule has 0 aliphatic rings. The Morgan fingerprint density at radius 2 is 1.61 bits per heavy atom. The lowest BCUT2D eigenvalue weighted by Crippen LogP contribution is -2.15. The van der Waals surface area contributed by atoms with Crippen molar-refractivity contribution >= 4 is 45.7 Å². The molecule has 5 aromatic rings. The number of carbonyl (C=O) groups excluding carboxylic acids is 1. The standard InChI is InChI=1S/C32H26Cl2N2O2/c1-19-15-20(2)30-26(16-19)29(32(37)35-24-11-14-27(33)28(34)17-24)21(3)31(36-30)23-9-12-25(13-10-23)38-18-22-7-5-4-6-8-22/h4-17H,18H2,1-3H3,(H,35,37). The molecule has 5 rings (SSSR count).